The number of nitrogens with one attached hydrogen (secondary N) is 1. The van der Waals surface area contributed by atoms with Crippen molar-refractivity contribution < 1.29 is 9.53 Å². The second-order valence-corrected chi connectivity index (χ2v) is 7.78. The number of ether oxygens (including phenoxy) is 1. The summed E-state index contributed by atoms with van der Waals surface area (Å²) in [5.41, 5.74) is 7.37. The molecule has 26 heavy (non-hydrogen) atoms. The molecule has 2 aliphatic rings. The molecule has 1 saturated heterocycles. The van der Waals surface area contributed by atoms with E-state index in [-0.39, 0.29) is 30.0 Å². The van der Waals surface area contributed by atoms with E-state index in [0.717, 1.165) is 58.3 Å². The van der Waals surface area contributed by atoms with Crippen LogP contribution in [0.1, 0.15) is 44.6 Å². The monoisotopic (exact) mass is 359 g/mol. The van der Waals surface area contributed by atoms with Crippen LogP contribution in [0.3, 0.4) is 0 Å². The van der Waals surface area contributed by atoms with Gasteiger partial charge in [-0.05, 0) is 31.2 Å². The number of benzene rings is 1. The summed E-state index contributed by atoms with van der Waals surface area (Å²) in [7, 11) is 0. The lowest BCUT2D eigenvalue weighted by Gasteiger charge is -2.38. The molecule has 1 aromatic rings. The van der Waals surface area contributed by atoms with Gasteiger partial charge in [0.15, 0.2) is 0 Å². The van der Waals surface area contributed by atoms with Crippen molar-refractivity contribution in [3.05, 3.63) is 35.9 Å². The van der Waals surface area contributed by atoms with Crippen LogP contribution >= 0.6 is 0 Å². The SMILES string of the molecule is CCC(NC(=O)C1CCCC(N)C1)C1CN(Cc2ccccc2)CCO1. The topological polar surface area (TPSA) is 67.6 Å². The van der Waals surface area contributed by atoms with Crippen molar-refractivity contribution >= 4 is 5.91 Å². The molecule has 144 valence electrons. The molecule has 0 radical (unpaired) electrons. The molecule has 3 N–H and O–H groups in total. The molecule has 5 heteroatoms. The van der Waals surface area contributed by atoms with E-state index in [2.05, 4.69) is 41.4 Å². The van der Waals surface area contributed by atoms with Gasteiger partial charge in [-0.3, -0.25) is 9.69 Å². The maximum absolute atomic E-state index is 12.7. The number of hydrogen-bond acceptors (Lipinski definition) is 4. The Labute approximate surface area is 157 Å². The Balaban J connectivity index is 1.54. The Kier molecular flexibility index (Phi) is 7.06. The summed E-state index contributed by atoms with van der Waals surface area (Å²) < 4.78 is 6.03. The van der Waals surface area contributed by atoms with Crippen molar-refractivity contribution in [2.75, 3.05) is 19.7 Å². The van der Waals surface area contributed by atoms with E-state index >= 15 is 0 Å². The third-order valence-corrected chi connectivity index (χ3v) is 5.73. The number of carbonyl (C=O) groups is 1. The van der Waals surface area contributed by atoms with Crippen molar-refractivity contribution in [1.82, 2.24) is 10.2 Å². The van der Waals surface area contributed by atoms with Crippen LogP contribution in [0.2, 0.25) is 0 Å². The van der Waals surface area contributed by atoms with Crippen molar-refractivity contribution in [3.8, 4) is 0 Å². The molecule has 1 saturated carbocycles. The quantitative estimate of drug-likeness (QED) is 0.818. The van der Waals surface area contributed by atoms with Gasteiger partial charge in [0.1, 0.15) is 0 Å². The molecule has 3 rings (SSSR count). The highest BCUT2D eigenvalue weighted by Gasteiger charge is 2.31. The molecular formula is C21H33N3O2. The van der Waals surface area contributed by atoms with Gasteiger partial charge in [0, 0.05) is 31.6 Å². The fraction of sp³-hybridized carbons (Fsp3) is 0.667. The second kappa shape index (κ2) is 9.49. The van der Waals surface area contributed by atoms with Crippen LogP contribution < -0.4 is 11.1 Å². The van der Waals surface area contributed by atoms with Crippen LogP contribution in [0.25, 0.3) is 0 Å². The molecule has 4 unspecified atom stereocenters. The average Bonchev–Trinajstić information content (AvgIpc) is 2.67. The van der Waals surface area contributed by atoms with Gasteiger partial charge in [0.05, 0.1) is 18.8 Å². The number of morpholine rings is 1. The van der Waals surface area contributed by atoms with Crippen LogP contribution in [0.15, 0.2) is 30.3 Å². The molecule has 1 aliphatic heterocycles. The second-order valence-electron chi connectivity index (χ2n) is 7.78. The number of amides is 1. The van der Waals surface area contributed by atoms with E-state index in [1.165, 1.54) is 5.56 Å². The van der Waals surface area contributed by atoms with Gasteiger partial charge >= 0.3 is 0 Å². The first-order valence-electron chi connectivity index (χ1n) is 10.1. The van der Waals surface area contributed by atoms with Gasteiger partial charge in [-0.1, -0.05) is 43.7 Å². The van der Waals surface area contributed by atoms with Crippen LogP contribution in [-0.4, -0.2) is 48.7 Å². The Morgan fingerprint density at radius 3 is 2.88 bits per heavy atom. The van der Waals surface area contributed by atoms with E-state index in [4.69, 9.17) is 10.5 Å². The largest absolute Gasteiger partial charge is 0.373 e. The third kappa shape index (κ3) is 5.29. The first-order chi connectivity index (χ1) is 12.7. The van der Waals surface area contributed by atoms with Gasteiger partial charge in [0.25, 0.3) is 0 Å². The number of rotatable bonds is 6. The number of nitrogens with zero attached hydrogens (tertiary/aromatic N) is 1. The predicted octanol–water partition coefficient (Wildman–Crippen LogP) is 2.30. The van der Waals surface area contributed by atoms with Crippen LogP contribution in [0.4, 0.5) is 0 Å². The summed E-state index contributed by atoms with van der Waals surface area (Å²) in [5.74, 6) is 0.229. The van der Waals surface area contributed by atoms with Crippen LogP contribution in [-0.2, 0) is 16.1 Å². The molecule has 1 aromatic carbocycles. The first kappa shape index (κ1) is 19.3. The summed E-state index contributed by atoms with van der Waals surface area (Å²) in [6.07, 6.45) is 4.81. The van der Waals surface area contributed by atoms with E-state index in [1.54, 1.807) is 0 Å². The van der Waals surface area contributed by atoms with Gasteiger partial charge < -0.3 is 15.8 Å². The molecule has 0 spiro atoms. The zero-order valence-corrected chi connectivity index (χ0v) is 15.9. The van der Waals surface area contributed by atoms with Crippen molar-refractivity contribution in [3.63, 3.8) is 0 Å². The molecule has 1 amide bonds. The van der Waals surface area contributed by atoms with Gasteiger partial charge in [0.2, 0.25) is 5.91 Å². The molecule has 1 aliphatic carbocycles. The van der Waals surface area contributed by atoms with E-state index in [1.807, 2.05) is 6.07 Å². The minimum absolute atomic E-state index is 0.0543. The minimum atomic E-state index is 0.0543. The number of nitrogens with two attached hydrogens (primary N) is 1. The maximum atomic E-state index is 12.7. The molecule has 1 heterocycles. The first-order valence-corrected chi connectivity index (χ1v) is 10.1. The molecular weight excluding hydrogens is 326 g/mol. The Hall–Kier alpha value is -1.43. The van der Waals surface area contributed by atoms with E-state index < -0.39 is 0 Å². The normalized spacial score (nSPS) is 28.5. The van der Waals surface area contributed by atoms with Crippen LogP contribution in [0.5, 0.6) is 0 Å². The van der Waals surface area contributed by atoms with Crippen molar-refractivity contribution in [2.45, 2.75) is 63.8 Å². The lowest BCUT2D eigenvalue weighted by molar-refractivity contribution is -0.129. The van der Waals surface area contributed by atoms with E-state index in [9.17, 15) is 4.79 Å². The Morgan fingerprint density at radius 2 is 2.15 bits per heavy atom. The molecule has 0 aromatic heterocycles. The summed E-state index contributed by atoms with van der Waals surface area (Å²) in [4.78, 5) is 15.1. The van der Waals surface area contributed by atoms with Gasteiger partial charge in [-0.15, -0.1) is 0 Å². The number of carbonyl (C=O) groups excluding carboxylic acids is 1. The highest BCUT2D eigenvalue weighted by atomic mass is 16.5. The summed E-state index contributed by atoms with van der Waals surface area (Å²) in [6, 6.07) is 10.8. The number of hydrogen-bond donors (Lipinski definition) is 2. The molecule has 0 bridgehead atoms. The summed E-state index contributed by atoms with van der Waals surface area (Å²) in [6.45, 7) is 5.57. The predicted molar refractivity (Wildman–Crippen MR) is 104 cm³/mol. The minimum Gasteiger partial charge on any atom is -0.373 e. The van der Waals surface area contributed by atoms with Crippen molar-refractivity contribution in [2.24, 2.45) is 11.7 Å². The van der Waals surface area contributed by atoms with Crippen LogP contribution in [0, 0.1) is 5.92 Å². The fourth-order valence-corrected chi connectivity index (χ4v) is 4.18. The summed E-state index contributed by atoms with van der Waals surface area (Å²) in [5, 5.41) is 3.26. The van der Waals surface area contributed by atoms with Gasteiger partial charge in [-0.25, -0.2) is 0 Å². The third-order valence-electron chi connectivity index (χ3n) is 5.73. The van der Waals surface area contributed by atoms with Gasteiger partial charge in [-0.2, -0.15) is 0 Å². The maximum Gasteiger partial charge on any atom is 0.223 e. The lowest BCUT2D eigenvalue weighted by Crippen LogP contribution is -2.54. The smallest absolute Gasteiger partial charge is 0.223 e. The Morgan fingerprint density at radius 1 is 1.35 bits per heavy atom. The zero-order valence-electron chi connectivity index (χ0n) is 15.9. The highest BCUT2D eigenvalue weighted by molar-refractivity contribution is 5.79. The molecule has 2 fully saturated rings. The van der Waals surface area contributed by atoms with E-state index in [0.29, 0.717) is 0 Å². The standard InChI is InChI=1S/C21H33N3O2/c1-2-19(23-21(25)17-9-6-10-18(22)13-17)20-15-24(11-12-26-20)14-16-7-4-3-5-8-16/h3-5,7-8,17-20H,2,6,9-15,22H2,1H3,(H,23,25). The summed E-state index contributed by atoms with van der Waals surface area (Å²) >= 11 is 0. The van der Waals surface area contributed by atoms with Crippen molar-refractivity contribution in [1.29, 1.82) is 0 Å². The zero-order chi connectivity index (χ0) is 18.4. The fourth-order valence-electron chi connectivity index (χ4n) is 4.18. The average molecular weight is 360 g/mol. The highest BCUT2D eigenvalue weighted by Crippen LogP contribution is 2.24. The Bertz CT molecular complexity index is 566. The molecule has 4 atom stereocenters. The molecule has 5 nitrogen and oxygen atoms in total. The lowest BCUT2D eigenvalue weighted by atomic mass is 9.85.